The lowest BCUT2D eigenvalue weighted by Gasteiger charge is -2.13. The molecule has 0 unspecified atom stereocenters. The molecule has 2 rings (SSSR count). The highest BCUT2D eigenvalue weighted by Gasteiger charge is 2.26. The van der Waals surface area contributed by atoms with Gasteiger partial charge >= 0.3 is 0 Å². The van der Waals surface area contributed by atoms with E-state index in [0.717, 1.165) is 4.91 Å². The van der Waals surface area contributed by atoms with Crippen LogP contribution < -0.4 is 5.84 Å². The number of rotatable bonds is 2. The molecule has 2 aromatic rings. The standard InChI is InChI=1S/C12H16F2N4/c1-5(2)7-9(13)10(14)8(6(3)4)12-11(7)16-18(15)17-12/h5-6H,15H2,1-4H3. The average molecular weight is 254 g/mol. The van der Waals surface area contributed by atoms with Crippen LogP contribution in [0.2, 0.25) is 0 Å². The number of hydrogen-bond donors (Lipinski definition) is 1. The number of nitrogen functional groups attached to an aromatic ring is 1. The summed E-state index contributed by atoms with van der Waals surface area (Å²) in [4.78, 5) is 0.862. The van der Waals surface area contributed by atoms with Gasteiger partial charge < -0.3 is 5.84 Å². The van der Waals surface area contributed by atoms with Crippen molar-refractivity contribution in [1.29, 1.82) is 0 Å². The first-order valence-corrected chi connectivity index (χ1v) is 5.87. The number of benzene rings is 1. The fourth-order valence-electron chi connectivity index (χ4n) is 2.18. The van der Waals surface area contributed by atoms with E-state index in [2.05, 4.69) is 10.2 Å². The van der Waals surface area contributed by atoms with Crippen LogP contribution in [0.5, 0.6) is 0 Å². The van der Waals surface area contributed by atoms with E-state index in [9.17, 15) is 8.78 Å². The Hall–Kier alpha value is -1.72. The minimum atomic E-state index is -0.846. The number of aromatic nitrogens is 3. The predicted octanol–water partition coefficient (Wildman–Crippen LogP) is 2.67. The largest absolute Gasteiger partial charge is 0.306 e. The van der Waals surface area contributed by atoms with E-state index in [1.165, 1.54) is 0 Å². The van der Waals surface area contributed by atoms with Gasteiger partial charge in [-0.25, -0.2) is 8.78 Å². The summed E-state index contributed by atoms with van der Waals surface area (Å²) in [5.74, 6) is 3.40. The highest BCUT2D eigenvalue weighted by Crippen LogP contribution is 2.34. The topological polar surface area (TPSA) is 56.7 Å². The first kappa shape index (κ1) is 12.7. The van der Waals surface area contributed by atoms with Crippen LogP contribution in [0.1, 0.15) is 50.7 Å². The fraction of sp³-hybridized carbons (Fsp3) is 0.500. The van der Waals surface area contributed by atoms with E-state index < -0.39 is 11.6 Å². The third-order valence-electron chi connectivity index (χ3n) is 2.96. The van der Waals surface area contributed by atoms with Gasteiger partial charge in [0.2, 0.25) is 0 Å². The van der Waals surface area contributed by atoms with Gasteiger partial charge in [-0.3, -0.25) is 0 Å². The van der Waals surface area contributed by atoms with Crippen molar-refractivity contribution >= 4 is 11.0 Å². The molecule has 1 aromatic heterocycles. The Kier molecular flexibility index (Phi) is 2.96. The molecular weight excluding hydrogens is 238 g/mol. The quantitative estimate of drug-likeness (QED) is 0.838. The second kappa shape index (κ2) is 4.19. The van der Waals surface area contributed by atoms with Gasteiger partial charge in [0.15, 0.2) is 11.6 Å². The minimum absolute atomic E-state index is 0.195. The number of fused-ring (bicyclic) bond motifs is 1. The van der Waals surface area contributed by atoms with Gasteiger partial charge in [-0.2, -0.15) is 0 Å². The molecule has 0 aliphatic rings. The number of nitrogens with zero attached hydrogens (tertiary/aromatic N) is 3. The first-order valence-electron chi connectivity index (χ1n) is 5.87. The molecular formula is C12H16F2N4. The van der Waals surface area contributed by atoms with Crippen molar-refractivity contribution in [3.05, 3.63) is 22.8 Å². The minimum Gasteiger partial charge on any atom is -0.306 e. The van der Waals surface area contributed by atoms with E-state index in [1.807, 2.05) is 0 Å². The number of hydrogen-bond acceptors (Lipinski definition) is 3. The van der Waals surface area contributed by atoms with E-state index in [1.54, 1.807) is 27.7 Å². The third kappa shape index (κ3) is 1.72. The molecule has 98 valence electrons. The second-order valence-electron chi connectivity index (χ2n) is 4.98. The summed E-state index contributed by atoms with van der Waals surface area (Å²) in [5.41, 5.74) is 1.14. The van der Waals surface area contributed by atoms with Crippen LogP contribution in [-0.2, 0) is 0 Å². The monoisotopic (exact) mass is 254 g/mol. The van der Waals surface area contributed by atoms with Gasteiger partial charge in [0.1, 0.15) is 11.0 Å². The zero-order valence-electron chi connectivity index (χ0n) is 10.8. The Labute approximate surface area is 104 Å². The molecule has 0 spiro atoms. The average Bonchev–Trinajstić information content (AvgIpc) is 2.58. The first-order chi connectivity index (χ1) is 8.34. The summed E-state index contributed by atoms with van der Waals surface area (Å²) in [6.45, 7) is 7.12. The maximum atomic E-state index is 14.1. The van der Waals surface area contributed by atoms with Gasteiger partial charge in [-0.05, 0) is 11.8 Å². The lowest BCUT2D eigenvalue weighted by Crippen LogP contribution is -2.11. The van der Waals surface area contributed by atoms with Gasteiger partial charge in [-0.15, -0.1) is 10.2 Å². The third-order valence-corrected chi connectivity index (χ3v) is 2.96. The summed E-state index contributed by atoms with van der Waals surface area (Å²) in [5, 5.41) is 7.91. The van der Waals surface area contributed by atoms with E-state index in [-0.39, 0.29) is 23.0 Å². The summed E-state index contributed by atoms with van der Waals surface area (Å²) < 4.78 is 28.2. The molecule has 0 amide bonds. The molecule has 4 nitrogen and oxygen atoms in total. The molecule has 0 saturated carbocycles. The normalized spacial score (nSPS) is 12.0. The van der Waals surface area contributed by atoms with E-state index in [0.29, 0.717) is 11.0 Å². The molecule has 0 aliphatic heterocycles. The summed E-state index contributed by atoms with van der Waals surface area (Å²) in [7, 11) is 0. The van der Waals surface area contributed by atoms with E-state index >= 15 is 0 Å². The maximum absolute atomic E-state index is 14.1. The SMILES string of the molecule is CC(C)c1c(F)c(F)c(C(C)C)c2nn(N)nc12. The highest BCUT2D eigenvalue weighted by atomic mass is 19.2. The van der Waals surface area contributed by atoms with Crippen LogP contribution in [0.15, 0.2) is 0 Å². The Morgan fingerprint density at radius 2 is 1.22 bits per heavy atom. The predicted molar refractivity (Wildman–Crippen MR) is 65.8 cm³/mol. The Morgan fingerprint density at radius 3 is 1.50 bits per heavy atom. The highest BCUT2D eigenvalue weighted by molar-refractivity contribution is 5.82. The molecule has 0 bridgehead atoms. The lowest BCUT2D eigenvalue weighted by atomic mass is 9.93. The Bertz CT molecular complexity index is 551. The van der Waals surface area contributed by atoms with Crippen LogP contribution >= 0.6 is 0 Å². The van der Waals surface area contributed by atoms with Crippen molar-refractivity contribution < 1.29 is 8.78 Å². The molecule has 0 fully saturated rings. The van der Waals surface area contributed by atoms with Crippen molar-refractivity contribution in [3.63, 3.8) is 0 Å². The summed E-state index contributed by atoms with van der Waals surface area (Å²) >= 11 is 0. The maximum Gasteiger partial charge on any atom is 0.164 e. The smallest absolute Gasteiger partial charge is 0.164 e. The lowest BCUT2D eigenvalue weighted by molar-refractivity contribution is 0.484. The Balaban J connectivity index is 2.96. The van der Waals surface area contributed by atoms with Crippen molar-refractivity contribution in [1.82, 2.24) is 15.1 Å². The Morgan fingerprint density at radius 1 is 0.889 bits per heavy atom. The van der Waals surface area contributed by atoms with Crippen LogP contribution in [0.3, 0.4) is 0 Å². The van der Waals surface area contributed by atoms with E-state index in [4.69, 9.17) is 5.84 Å². The zero-order chi connectivity index (χ0) is 13.6. The molecule has 0 aliphatic carbocycles. The summed E-state index contributed by atoms with van der Waals surface area (Å²) in [6.07, 6.45) is 0. The number of halogens is 2. The van der Waals surface area contributed by atoms with Crippen LogP contribution in [0.25, 0.3) is 11.0 Å². The molecule has 1 heterocycles. The number of nitrogens with two attached hydrogens (primary N) is 1. The zero-order valence-corrected chi connectivity index (χ0v) is 10.8. The van der Waals surface area contributed by atoms with Crippen LogP contribution in [0.4, 0.5) is 8.78 Å². The second-order valence-corrected chi connectivity index (χ2v) is 4.98. The van der Waals surface area contributed by atoms with Gasteiger partial charge in [0, 0.05) is 11.1 Å². The van der Waals surface area contributed by atoms with Gasteiger partial charge in [-0.1, -0.05) is 32.6 Å². The fourth-order valence-corrected chi connectivity index (χ4v) is 2.18. The molecule has 6 heteroatoms. The molecule has 0 radical (unpaired) electrons. The summed E-state index contributed by atoms with van der Waals surface area (Å²) in [6, 6.07) is 0. The van der Waals surface area contributed by atoms with Crippen LogP contribution in [0, 0.1) is 11.6 Å². The molecule has 0 atom stereocenters. The van der Waals surface area contributed by atoms with Gasteiger partial charge in [0.25, 0.3) is 0 Å². The van der Waals surface area contributed by atoms with Crippen molar-refractivity contribution in [2.24, 2.45) is 0 Å². The molecule has 1 aromatic carbocycles. The molecule has 0 saturated heterocycles. The van der Waals surface area contributed by atoms with Crippen molar-refractivity contribution in [2.75, 3.05) is 5.84 Å². The van der Waals surface area contributed by atoms with Crippen LogP contribution in [-0.4, -0.2) is 15.1 Å². The van der Waals surface area contributed by atoms with Crippen molar-refractivity contribution in [2.45, 2.75) is 39.5 Å². The molecule has 18 heavy (non-hydrogen) atoms. The van der Waals surface area contributed by atoms with Gasteiger partial charge in [0.05, 0.1) is 0 Å². The van der Waals surface area contributed by atoms with Crippen molar-refractivity contribution in [3.8, 4) is 0 Å². The molecule has 2 N–H and O–H groups in total.